The van der Waals surface area contributed by atoms with Gasteiger partial charge >= 0.3 is 5.97 Å². The normalized spacial score (nSPS) is 19.9. The van der Waals surface area contributed by atoms with Crippen LogP contribution in [0.2, 0.25) is 0 Å². The Morgan fingerprint density at radius 1 is 1.11 bits per heavy atom. The Morgan fingerprint density at radius 3 is 2.05 bits per heavy atom. The van der Waals surface area contributed by atoms with Crippen molar-refractivity contribution in [1.29, 1.82) is 0 Å². The van der Waals surface area contributed by atoms with E-state index in [1.165, 1.54) is 6.92 Å². The van der Waals surface area contributed by atoms with Gasteiger partial charge in [0.1, 0.15) is 0 Å². The molecule has 0 aliphatic carbocycles. The Balaban J connectivity index is 2.63. The summed E-state index contributed by atoms with van der Waals surface area (Å²) in [5.74, 6) is -1.17. The Bertz CT molecular complexity index is 382. The first-order chi connectivity index (χ1) is 8.88. The highest BCUT2D eigenvalue weighted by Crippen LogP contribution is 2.13. The molecule has 0 aromatic heterocycles. The molecular weight excluding hydrogens is 244 g/mol. The largest absolute Gasteiger partial charge is 0.478 e. The third-order valence-electron chi connectivity index (χ3n) is 4.02. The molecule has 108 valence electrons. The van der Waals surface area contributed by atoms with Gasteiger partial charge < -0.3 is 10.0 Å². The fourth-order valence-electron chi connectivity index (χ4n) is 2.18. The predicted octanol–water partition coefficient (Wildman–Crippen LogP) is 1.35. The lowest BCUT2D eigenvalue weighted by Crippen LogP contribution is -2.51. The molecule has 1 saturated heterocycles. The van der Waals surface area contributed by atoms with E-state index in [1.807, 2.05) is 0 Å². The first-order valence-corrected chi connectivity index (χ1v) is 6.82. The van der Waals surface area contributed by atoms with Crippen LogP contribution in [-0.2, 0) is 9.59 Å². The van der Waals surface area contributed by atoms with E-state index >= 15 is 0 Å². The standard InChI is InChI=1S/C14H24N2O3/c1-5-10(2)15-6-8-16(9-7-15)13(17)11(3)12(4)14(18)19/h10H,5-9H2,1-4H3,(H,18,19). The molecule has 1 atom stereocenters. The average molecular weight is 268 g/mol. The molecule has 1 rings (SSSR count). The van der Waals surface area contributed by atoms with Gasteiger partial charge in [-0.1, -0.05) is 6.92 Å². The van der Waals surface area contributed by atoms with E-state index in [-0.39, 0.29) is 11.5 Å². The lowest BCUT2D eigenvalue weighted by Gasteiger charge is -2.38. The number of nitrogens with zero attached hydrogens (tertiary/aromatic N) is 2. The number of piperazine rings is 1. The molecule has 0 spiro atoms. The highest BCUT2D eigenvalue weighted by molar-refractivity contribution is 6.01. The summed E-state index contributed by atoms with van der Waals surface area (Å²) in [7, 11) is 0. The molecule has 1 aliphatic heterocycles. The Morgan fingerprint density at radius 2 is 1.63 bits per heavy atom. The van der Waals surface area contributed by atoms with Gasteiger partial charge in [-0.15, -0.1) is 0 Å². The van der Waals surface area contributed by atoms with Crippen LogP contribution in [-0.4, -0.2) is 59.0 Å². The summed E-state index contributed by atoms with van der Waals surface area (Å²) in [4.78, 5) is 27.2. The van der Waals surface area contributed by atoms with Gasteiger partial charge in [0.2, 0.25) is 5.91 Å². The molecule has 1 fully saturated rings. The van der Waals surface area contributed by atoms with Crippen molar-refractivity contribution in [2.24, 2.45) is 0 Å². The van der Waals surface area contributed by atoms with Crippen LogP contribution in [0, 0.1) is 0 Å². The van der Waals surface area contributed by atoms with Crippen molar-refractivity contribution in [2.75, 3.05) is 26.2 Å². The minimum absolute atomic E-state index is 0.134. The molecule has 1 amide bonds. The lowest BCUT2D eigenvalue weighted by atomic mass is 10.1. The molecule has 0 aromatic rings. The average Bonchev–Trinajstić information content (AvgIpc) is 2.44. The van der Waals surface area contributed by atoms with Gasteiger partial charge in [-0.25, -0.2) is 4.79 Å². The number of hydrogen-bond donors (Lipinski definition) is 1. The monoisotopic (exact) mass is 268 g/mol. The van der Waals surface area contributed by atoms with Crippen LogP contribution >= 0.6 is 0 Å². The summed E-state index contributed by atoms with van der Waals surface area (Å²) in [6.07, 6.45) is 1.10. The maximum absolute atomic E-state index is 12.2. The minimum atomic E-state index is -1.02. The molecule has 0 saturated carbocycles. The number of carbonyl (C=O) groups is 2. The predicted molar refractivity (Wildman–Crippen MR) is 73.9 cm³/mol. The van der Waals surface area contributed by atoms with Gasteiger partial charge in [-0.2, -0.15) is 0 Å². The number of carbonyl (C=O) groups excluding carboxylic acids is 1. The summed E-state index contributed by atoms with van der Waals surface area (Å²) < 4.78 is 0. The fourth-order valence-corrected chi connectivity index (χ4v) is 2.18. The number of aliphatic carboxylic acids is 1. The summed E-state index contributed by atoms with van der Waals surface area (Å²) in [6, 6.07) is 0.537. The van der Waals surface area contributed by atoms with Crippen molar-refractivity contribution in [2.45, 2.75) is 40.2 Å². The van der Waals surface area contributed by atoms with Crippen molar-refractivity contribution < 1.29 is 14.7 Å². The van der Waals surface area contributed by atoms with Gasteiger partial charge in [-0.05, 0) is 27.2 Å². The van der Waals surface area contributed by atoms with E-state index < -0.39 is 5.97 Å². The second kappa shape index (κ2) is 6.70. The van der Waals surface area contributed by atoms with Gasteiger partial charge in [-0.3, -0.25) is 9.69 Å². The summed E-state index contributed by atoms with van der Waals surface area (Å²) in [5.41, 5.74) is 0.471. The maximum Gasteiger partial charge on any atom is 0.331 e. The third kappa shape index (κ3) is 3.80. The van der Waals surface area contributed by atoms with Crippen molar-refractivity contribution >= 4 is 11.9 Å². The number of hydrogen-bond acceptors (Lipinski definition) is 3. The molecular formula is C14H24N2O3. The van der Waals surface area contributed by atoms with Crippen LogP contribution in [0.15, 0.2) is 11.1 Å². The van der Waals surface area contributed by atoms with E-state index in [2.05, 4.69) is 18.7 Å². The lowest BCUT2D eigenvalue weighted by molar-refractivity contribution is -0.134. The zero-order valence-corrected chi connectivity index (χ0v) is 12.3. The molecule has 1 N–H and O–H groups in total. The zero-order chi connectivity index (χ0) is 14.6. The maximum atomic E-state index is 12.2. The Hall–Kier alpha value is -1.36. The second-order valence-corrected chi connectivity index (χ2v) is 5.14. The van der Waals surface area contributed by atoms with Crippen molar-refractivity contribution in [1.82, 2.24) is 9.80 Å². The van der Waals surface area contributed by atoms with Crippen molar-refractivity contribution in [3.8, 4) is 0 Å². The molecule has 0 radical (unpaired) electrons. The van der Waals surface area contributed by atoms with Crippen LogP contribution in [0.4, 0.5) is 0 Å². The van der Waals surface area contributed by atoms with Gasteiger partial charge in [0.25, 0.3) is 0 Å². The minimum Gasteiger partial charge on any atom is -0.478 e. The molecule has 1 aliphatic rings. The Kier molecular flexibility index (Phi) is 5.54. The number of rotatable bonds is 4. The second-order valence-electron chi connectivity index (χ2n) is 5.14. The first-order valence-electron chi connectivity index (χ1n) is 6.82. The molecule has 5 nitrogen and oxygen atoms in total. The van der Waals surface area contributed by atoms with E-state index in [4.69, 9.17) is 5.11 Å². The highest BCUT2D eigenvalue weighted by atomic mass is 16.4. The first kappa shape index (κ1) is 15.7. The van der Waals surface area contributed by atoms with E-state index in [0.29, 0.717) is 24.7 Å². The molecule has 1 heterocycles. The molecule has 19 heavy (non-hydrogen) atoms. The topological polar surface area (TPSA) is 60.9 Å². The highest BCUT2D eigenvalue weighted by Gasteiger charge is 2.25. The van der Waals surface area contributed by atoms with Crippen LogP contribution in [0.5, 0.6) is 0 Å². The SMILES string of the molecule is CCC(C)N1CCN(C(=O)C(C)=C(C)C(=O)O)CC1. The van der Waals surface area contributed by atoms with E-state index in [0.717, 1.165) is 19.5 Å². The van der Waals surface area contributed by atoms with Crippen molar-refractivity contribution in [3.05, 3.63) is 11.1 Å². The fraction of sp³-hybridized carbons (Fsp3) is 0.714. The molecule has 0 aromatic carbocycles. The summed E-state index contributed by atoms with van der Waals surface area (Å²) in [5, 5.41) is 8.91. The number of amides is 1. The van der Waals surface area contributed by atoms with Crippen LogP contribution < -0.4 is 0 Å². The summed E-state index contributed by atoms with van der Waals surface area (Å²) in [6.45, 7) is 10.5. The third-order valence-corrected chi connectivity index (χ3v) is 4.02. The van der Waals surface area contributed by atoms with Crippen molar-refractivity contribution in [3.63, 3.8) is 0 Å². The van der Waals surface area contributed by atoms with Gasteiger partial charge in [0.05, 0.1) is 0 Å². The van der Waals surface area contributed by atoms with E-state index in [1.54, 1.807) is 11.8 Å². The summed E-state index contributed by atoms with van der Waals surface area (Å²) >= 11 is 0. The zero-order valence-electron chi connectivity index (χ0n) is 12.3. The van der Waals surface area contributed by atoms with Gasteiger partial charge in [0, 0.05) is 43.4 Å². The van der Waals surface area contributed by atoms with Crippen LogP contribution in [0.3, 0.4) is 0 Å². The number of carboxylic acid groups (broad SMARTS) is 1. The molecule has 0 bridgehead atoms. The molecule has 5 heteroatoms. The van der Waals surface area contributed by atoms with Gasteiger partial charge in [0.15, 0.2) is 0 Å². The Labute approximate surface area is 114 Å². The smallest absolute Gasteiger partial charge is 0.331 e. The quantitative estimate of drug-likeness (QED) is 0.782. The van der Waals surface area contributed by atoms with E-state index in [9.17, 15) is 9.59 Å². The molecule has 1 unspecified atom stereocenters. The van der Waals surface area contributed by atoms with Crippen LogP contribution in [0.1, 0.15) is 34.1 Å². The van der Waals surface area contributed by atoms with Crippen LogP contribution in [0.25, 0.3) is 0 Å². The number of carboxylic acids is 1.